The third-order valence-electron chi connectivity index (χ3n) is 3.84. The van der Waals surface area contributed by atoms with Crippen LogP contribution in [0.15, 0.2) is 0 Å². The molecule has 5 heteroatoms. The Morgan fingerprint density at radius 2 is 1.65 bits per heavy atom. The van der Waals surface area contributed by atoms with Crippen LogP contribution in [0.1, 0.15) is 38.5 Å². The summed E-state index contributed by atoms with van der Waals surface area (Å²) in [5.41, 5.74) is 0. The third kappa shape index (κ3) is 3.15. The van der Waals surface area contributed by atoms with E-state index in [4.69, 9.17) is 0 Å². The average Bonchev–Trinajstić information content (AvgIpc) is 2.29. The van der Waals surface area contributed by atoms with E-state index in [9.17, 15) is 18.7 Å². The molecular formula is C12H19F2NO2. The van der Waals surface area contributed by atoms with E-state index in [1.807, 2.05) is 0 Å². The average molecular weight is 247 g/mol. The van der Waals surface area contributed by atoms with Crippen LogP contribution < -0.4 is 0 Å². The molecule has 1 amide bonds. The molecule has 1 aliphatic heterocycles. The number of amides is 1. The van der Waals surface area contributed by atoms with E-state index in [0.29, 0.717) is 38.8 Å². The second kappa shape index (κ2) is 4.88. The van der Waals surface area contributed by atoms with Gasteiger partial charge in [-0.2, -0.15) is 0 Å². The van der Waals surface area contributed by atoms with Gasteiger partial charge in [0.15, 0.2) is 0 Å². The van der Waals surface area contributed by atoms with Gasteiger partial charge in [-0.3, -0.25) is 4.79 Å². The molecule has 0 aromatic carbocycles. The molecule has 0 spiro atoms. The fourth-order valence-electron chi connectivity index (χ4n) is 2.63. The number of hydrogen-bond acceptors (Lipinski definition) is 2. The molecule has 98 valence electrons. The van der Waals surface area contributed by atoms with Crippen molar-refractivity contribution >= 4 is 5.91 Å². The first kappa shape index (κ1) is 12.7. The van der Waals surface area contributed by atoms with E-state index < -0.39 is 5.92 Å². The first-order chi connectivity index (χ1) is 7.98. The number of carbonyl (C=O) groups is 1. The monoisotopic (exact) mass is 247 g/mol. The highest BCUT2D eigenvalue weighted by Gasteiger charge is 2.38. The molecule has 0 bridgehead atoms. The summed E-state index contributed by atoms with van der Waals surface area (Å²) in [5, 5.41) is 9.35. The summed E-state index contributed by atoms with van der Waals surface area (Å²) in [6.07, 6.45) is 1.16. The van der Waals surface area contributed by atoms with Crippen molar-refractivity contribution in [2.45, 2.75) is 50.6 Å². The lowest BCUT2D eigenvalue weighted by molar-refractivity contribution is -0.141. The van der Waals surface area contributed by atoms with Gasteiger partial charge < -0.3 is 10.0 Å². The Balaban J connectivity index is 1.84. The minimum atomic E-state index is -2.57. The van der Waals surface area contributed by atoms with Crippen LogP contribution >= 0.6 is 0 Å². The highest BCUT2D eigenvalue weighted by atomic mass is 19.3. The number of alkyl halides is 2. The predicted molar refractivity (Wildman–Crippen MR) is 58.7 cm³/mol. The number of hydrogen-bond donors (Lipinski definition) is 1. The lowest BCUT2D eigenvalue weighted by Gasteiger charge is -2.35. The number of nitrogens with zero attached hydrogens (tertiary/aromatic N) is 1. The first-order valence-electron chi connectivity index (χ1n) is 6.33. The van der Waals surface area contributed by atoms with Crippen LogP contribution in [-0.4, -0.2) is 41.0 Å². The number of carbonyl (C=O) groups excluding carboxylic acids is 1. The molecular weight excluding hydrogens is 228 g/mol. The number of likely N-dealkylation sites (tertiary alicyclic amines) is 1. The van der Waals surface area contributed by atoms with Gasteiger partial charge in [-0.1, -0.05) is 0 Å². The van der Waals surface area contributed by atoms with E-state index in [0.717, 1.165) is 0 Å². The van der Waals surface area contributed by atoms with Gasteiger partial charge in [0, 0.05) is 31.8 Å². The van der Waals surface area contributed by atoms with Crippen molar-refractivity contribution in [2.75, 3.05) is 13.1 Å². The van der Waals surface area contributed by atoms with Gasteiger partial charge in [0.2, 0.25) is 11.8 Å². The molecule has 17 heavy (non-hydrogen) atoms. The van der Waals surface area contributed by atoms with Gasteiger partial charge in [0.25, 0.3) is 0 Å². The zero-order valence-corrected chi connectivity index (χ0v) is 9.87. The Labute approximate surface area is 99.8 Å². The van der Waals surface area contributed by atoms with Gasteiger partial charge in [0.05, 0.1) is 6.10 Å². The van der Waals surface area contributed by atoms with Crippen molar-refractivity contribution in [3.8, 4) is 0 Å². The van der Waals surface area contributed by atoms with Crippen molar-refractivity contribution < 1.29 is 18.7 Å². The second-order valence-corrected chi connectivity index (χ2v) is 5.19. The molecule has 0 aromatic heterocycles. The molecule has 1 heterocycles. The highest BCUT2D eigenvalue weighted by Crippen LogP contribution is 2.37. The topological polar surface area (TPSA) is 40.5 Å². The standard InChI is InChI=1S/C12H19F2NO2/c13-12(14)5-1-9(2-6-12)11(17)15-7-3-10(16)4-8-15/h9-10,16H,1-8H2. The molecule has 1 saturated heterocycles. The van der Waals surface area contributed by atoms with Crippen molar-refractivity contribution in [3.63, 3.8) is 0 Å². The minimum Gasteiger partial charge on any atom is -0.393 e. The Morgan fingerprint density at radius 3 is 2.18 bits per heavy atom. The van der Waals surface area contributed by atoms with Crippen LogP contribution in [0.2, 0.25) is 0 Å². The lowest BCUT2D eigenvalue weighted by atomic mass is 9.85. The fourth-order valence-corrected chi connectivity index (χ4v) is 2.63. The van der Waals surface area contributed by atoms with Crippen molar-refractivity contribution in [3.05, 3.63) is 0 Å². The van der Waals surface area contributed by atoms with Crippen molar-refractivity contribution in [2.24, 2.45) is 5.92 Å². The Bertz CT molecular complexity index is 278. The van der Waals surface area contributed by atoms with Crippen LogP contribution in [0.25, 0.3) is 0 Å². The molecule has 1 saturated carbocycles. The summed E-state index contributed by atoms with van der Waals surface area (Å²) >= 11 is 0. The SMILES string of the molecule is O=C(C1CCC(F)(F)CC1)N1CCC(O)CC1. The van der Waals surface area contributed by atoms with Crippen LogP contribution in [0.3, 0.4) is 0 Å². The minimum absolute atomic E-state index is 0.00685. The van der Waals surface area contributed by atoms with Crippen molar-refractivity contribution in [1.29, 1.82) is 0 Å². The lowest BCUT2D eigenvalue weighted by Crippen LogP contribution is -2.44. The summed E-state index contributed by atoms with van der Waals surface area (Å²) in [6, 6.07) is 0. The molecule has 0 radical (unpaired) electrons. The summed E-state index contributed by atoms with van der Waals surface area (Å²) in [7, 11) is 0. The number of rotatable bonds is 1. The molecule has 0 aromatic rings. The first-order valence-corrected chi connectivity index (χ1v) is 6.33. The number of aliphatic hydroxyl groups is 1. The quantitative estimate of drug-likeness (QED) is 0.767. The smallest absolute Gasteiger partial charge is 0.248 e. The van der Waals surface area contributed by atoms with E-state index in [-0.39, 0.29) is 30.8 Å². The zero-order valence-electron chi connectivity index (χ0n) is 9.87. The number of halogens is 2. The van der Waals surface area contributed by atoms with Gasteiger partial charge in [-0.25, -0.2) is 8.78 Å². The van der Waals surface area contributed by atoms with Gasteiger partial charge in [0.1, 0.15) is 0 Å². The maximum atomic E-state index is 13.0. The molecule has 2 rings (SSSR count). The molecule has 2 aliphatic rings. The summed E-state index contributed by atoms with van der Waals surface area (Å²) in [6.45, 7) is 1.12. The molecule has 3 nitrogen and oxygen atoms in total. The van der Waals surface area contributed by atoms with E-state index in [1.165, 1.54) is 0 Å². The van der Waals surface area contributed by atoms with Crippen LogP contribution in [0, 0.1) is 5.92 Å². The van der Waals surface area contributed by atoms with E-state index >= 15 is 0 Å². The molecule has 1 aliphatic carbocycles. The Kier molecular flexibility index (Phi) is 3.66. The normalized spacial score (nSPS) is 27.1. The van der Waals surface area contributed by atoms with Crippen LogP contribution in [0.5, 0.6) is 0 Å². The van der Waals surface area contributed by atoms with Crippen LogP contribution in [0.4, 0.5) is 8.78 Å². The molecule has 0 unspecified atom stereocenters. The highest BCUT2D eigenvalue weighted by molar-refractivity contribution is 5.79. The fraction of sp³-hybridized carbons (Fsp3) is 0.917. The number of piperidine rings is 1. The van der Waals surface area contributed by atoms with Gasteiger partial charge >= 0.3 is 0 Å². The van der Waals surface area contributed by atoms with Gasteiger partial charge in [-0.15, -0.1) is 0 Å². The van der Waals surface area contributed by atoms with Crippen LogP contribution in [-0.2, 0) is 4.79 Å². The summed E-state index contributed by atoms with van der Waals surface area (Å²) in [4.78, 5) is 13.8. The maximum Gasteiger partial charge on any atom is 0.248 e. The summed E-state index contributed by atoms with van der Waals surface area (Å²) in [5.74, 6) is -2.80. The van der Waals surface area contributed by atoms with E-state index in [1.54, 1.807) is 4.90 Å². The Hall–Kier alpha value is -0.710. The summed E-state index contributed by atoms with van der Waals surface area (Å²) < 4.78 is 26.0. The number of aliphatic hydroxyl groups excluding tert-OH is 1. The molecule has 0 atom stereocenters. The zero-order chi connectivity index (χ0) is 12.5. The molecule has 2 fully saturated rings. The Morgan fingerprint density at radius 1 is 1.12 bits per heavy atom. The maximum absolute atomic E-state index is 13.0. The van der Waals surface area contributed by atoms with Gasteiger partial charge in [-0.05, 0) is 25.7 Å². The third-order valence-corrected chi connectivity index (χ3v) is 3.84. The molecule has 1 N–H and O–H groups in total. The largest absolute Gasteiger partial charge is 0.393 e. The van der Waals surface area contributed by atoms with Crippen molar-refractivity contribution in [1.82, 2.24) is 4.90 Å². The van der Waals surface area contributed by atoms with E-state index in [2.05, 4.69) is 0 Å². The predicted octanol–water partition coefficient (Wildman–Crippen LogP) is 1.80. The second-order valence-electron chi connectivity index (χ2n) is 5.19.